The van der Waals surface area contributed by atoms with Crippen LogP contribution in [0.15, 0.2) is 60.0 Å². The van der Waals surface area contributed by atoms with Crippen molar-refractivity contribution in [2.45, 2.75) is 26.9 Å². The van der Waals surface area contributed by atoms with Crippen molar-refractivity contribution < 1.29 is 9.53 Å². The molecule has 4 nitrogen and oxygen atoms in total. The van der Waals surface area contributed by atoms with E-state index in [9.17, 15) is 4.79 Å². The van der Waals surface area contributed by atoms with Crippen molar-refractivity contribution in [2.24, 2.45) is 5.92 Å². The maximum Gasteiger partial charge on any atom is 0.270 e. The first-order chi connectivity index (χ1) is 13.1. The molecule has 0 fully saturated rings. The second-order valence-electron chi connectivity index (χ2n) is 6.77. The molecular formula is C22H24N2O2S. The molecule has 140 valence electrons. The van der Waals surface area contributed by atoms with E-state index in [0.717, 1.165) is 28.3 Å². The predicted octanol–water partition coefficient (Wildman–Crippen LogP) is 5.17. The average molecular weight is 381 g/mol. The molecule has 1 heterocycles. The zero-order chi connectivity index (χ0) is 19.1. The highest BCUT2D eigenvalue weighted by Gasteiger charge is 2.11. The molecule has 0 aliphatic rings. The van der Waals surface area contributed by atoms with Crippen molar-refractivity contribution in [3.05, 3.63) is 71.2 Å². The molecule has 3 rings (SSSR count). The number of nitrogens with zero attached hydrogens (tertiary/aromatic N) is 1. The number of hydrogen-bond donors (Lipinski definition) is 1. The third kappa shape index (κ3) is 5.66. The van der Waals surface area contributed by atoms with Gasteiger partial charge in [0.15, 0.2) is 0 Å². The van der Waals surface area contributed by atoms with Gasteiger partial charge in [-0.05, 0) is 42.2 Å². The van der Waals surface area contributed by atoms with E-state index < -0.39 is 0 Å². The van der Waals surface area contributed by atoms with Crippen LogP contribution in [-0.4, -0.2) is 17.4 Å². The first-order valence-corrected chi connectivity index (χ1v) is 10.0. The first-order valence-electron chi connectivity index (χ1n) is 9.12. The molecule has 27 heavy (non-hydrogen) atoms. The minimum absolute atomic E-state index is 0.110. The molecule has 0 atom stereocenters. The van der Waals surface area contributed by atoms with Gasteiger partial charge in [-0.25, -0.2) is 4.98 Å². The van der Waals surface area contributed by atoms with Gasteiger partial charge < -0.3 is 10.1 Å². The van der Waals surface area contributed by atoms with Crippen LogP contribution in [0.5, 0.6) is 5.75 Å². The van der Waals surface area contributed by atoms with Gasteiger partial charge in [-0.2, -0.15) is 0 Å². The van der Waals surface area contributed by atoms with Crippen LogP contribution in [-0.2, 0) is 6.61 Å². The van der Waals surface area contributed by atoms with Gasteiger partial charge >= 0.3 is 0 Å². The van der Waals surface area contributed by atoms with Crippen LogP contribution in [0.3, 0.4) is 0 Å². The molecule has 1 N–H and O–H groups in total. The molecule has 0 radical (unpaired) electrons. The van der Waals surface area contributed by atoms with Crippen molar-refractivity contribution in [3.8, 4) is 16.3 Å². The Bertz CT molecular complexity index is 858. The minimum atomic E-state index is -0.110. The second kappa shape index (κ2) is 9.33. The van der Waals surface area contributed by atoms with Gasteiger partial charge in [0, 0.05) is 17.5 Å². The maximum atomic E-state index is 12.2. The van der Waals surface area contributed by atoms with Gasteiger partial charge in [0.05, 0.1) is 0 Å². The number of aromatic nitrogens is 1. The largest absolute Gasteiger partial charge is 0.489 e. The molecule has 0 unspecified atom stereocenters. The summed E-state index contributed by atoms with van der Waals surface area (Å²) in [5, 5.41) is 5.56. The maximum absolute atomic E-state index is 12.2. The van der Waals surface area contributed by atoms with E-state index in [1.807, 2.05) is 54.6 Å². The van der Waals surface area contributed by atoms with E-state index in [4.69, 9.17) is 4.74 Å². The molecule has 1 amide bonds. The highest BCUT2D eigenvalue weighted by Crippen LogP contribution is 2.26. The number of carbonyl (C=O) groups is 1. The summed E-state index contributed by atoms with van der Waals surface area (Å²) in [6.45, 7) is 5.50. The van der Waals surface area contributed by atoms with E-state index in [2.05, 4.69) is 24.1 Å². The van der Waals surface area contributed by atoms with E-state index in [1.54, 1.807) is 5.38 Å². The monoisotopic (exact) mass is 380 g/mol. The topological polar surface area (TPSA) is 51.2 Å². The first kappa shape index (κ1) is 19.1. The molecule has 0 spiro atoms. The number of thiazole rings is 1. The van der Waals surface area contributed by atoms with Crippen molar-refractivity contribution in [1.82, 2.24) is 10.3 Å². The van der Waals surface area contributed by atoms with E-state index in [1.165, 1.54) is 11.3 Å². The Morgan fingerprint density at radius 1 is 1.11 bits per heavy atom. The van der Waals surface area contributed by atoms with Crippen LogP contribution in [0.4, 0.5) is 0 Å². The van der Waals surface area contributed by atoms with Crippen LogP contribution in [0.25, 0.3) is 10.6 Å². The number of amides is 1. The molecule has 2 aromatic carbocycles. The highest BCUT2D eigenvalue weighted by molar-refractivity contribution is 7.13. The number of rotatable bonds is 8. The van der Waals surface area contributed by atoms with Crippen molar-refractivity contribution >= 4 is 17.2 Å². The fourth-order valence-corrected chi connectivity index (χ4v) is 3.32. The SMILES string of the molecule is CC(C)CCNC(=O)c1csc(-c2ccc(OCc3ccccc3)cc2)n1. The fourth-order valence-electron chi connectivity index (χ4n) is 2.51. The van der Waals surface area contributed by atoms with Gasteiger partial charge in [0.2, 0.25) is 0 Å². The van der Waals surface area contributed by atoms with Gasteiger partial charge in [-0.1, -0.05) is 44.2 Å². The molecular weight excluding hydrogens is 356 g/mol. The summed E-state index contributed by atoms with van der Waals surface area (Å²) in [5.41, 5.74) is 2.59. The normalized spacial score (nSPS) is 10.8. The number of nitrogens with one attached hydrogen (secondary N) is 1. The van der Waals surface area contributed by atoms with Crippen LogP contribution in [0.2, 0.25) is 0 Å². The van der Waals surface area contributed by atoms with E-state index in [-0.39, 0.29) is 5.91 Å². The fraction of sp³-hybridized carbons (Fsp3) is 0.273. The highest BCUT2D eigenvalue weighted by atomic mass is 32.1. The lowest BCUT2D eigenvalue weighted by molar-refractivity contribution is 0.0948. The summed E-state index contributed by atoms with van der Waals surface area (Å²) in [6, 6.07) is 17.9. The van der Waals surface area contributed by atoms with Gasteiger partial charge in [0.25, 0.3) is 5.91 Å². The van der Waals surface area contributed by atoms with Crippen LogP contribution < -0.4 is 10.1 Å². The summed E-state index contributed by atoms with van der Waals surface area (Å²) in [7, 11) is 0. The minimum Gasteiger partial charge on any atom is -0.489 e. The summed E-state index contributed by atoms with van der Waals surface area (Å²) >= 11 is 1.47. The molecule has 0 aliphatic carbocycles. The van der Waals surface area contributed by atoms with Crippen molar-refractivity contribution in [2.75, 3.05) is 6.54 Å². The van der Waals surface area contributed by atoms with Gasteiger partial charge in [0.1, 0.15) is 23.1 Å². The Morgan fingerprint density at radius 2 is 1.85 bits per heavy atom. The molecule has 5 heteroatoms. The lowest BCUT2D eigenvalue weighted by Gasteiger charge is -2.06. The Morgan fingerprint density at radius 3 is 2.56 bits per heavy atom. The van der Waals surface area contributed by atoms with Crippen molar-refractivity contribution in [1.29, 1.82) is 0 Å². The van der Waals surface area contributed by atoms with Gasteiger partial charge in [-0.3, -0.25) is 4.79 Å². The number of hydrogen-bond acceptors (Lipinski definition) is 4. The quantitative estimate of drug-likeness (QED) is 0.587. The van der Waals surface area contributed by atoms with Crippen LogP contribution in [0, 0.1) is 5.92 Å². The molecule has 0 aliphatic heterocycles. The van der Waals surface area contributed by atoms with E-state index >= 15 is 0 Å². The second-order valence-corrected chi connectivity index (χ2v) is 7.63. The summed E-state index contributed by atoms with van der Waals surface area (Å²) in [4.78, 5) is 16.6. The summed E-state index contributed by atoms with van der Waals surface area (Å²) in [6.07, 6.45) is 0.965. The van der Waals surface area contributed by atoms with Crippen molar-refractivity contribution in [3.63, 3.8) is 0 Å². The zero-order valence-electron chi connectivity index (χ0n) is 15.6. The summed E-state index contributed by atoms with van der Waals surface area (Å²) < 4.78 is 5.81. The Labute approximate surface area is 164 Å². The van der Waals surface area contributed by atoms with Gasteiger partial charge in [-0.15, -0.1) is 11.3 Å². The Balaban J connectivity index is 1.57. The third-order valence-electron chi connectivity index (χ3n) is 4.09. The smallest absolute Gasteiger partial charge is 0.270 e. The molecule has 3 aromatic rings. The lowest BCUT2D eigenvalue weighted by Crippen LogP contribution is -2.25. The average Bonchev–Trinajstić information content (AvgIpc) is 3.17. The number of benzene rings is 2. The van der Waals surface area contributed by atoms with Crippen LogP contribution in [0.1, 0.15) is 36.3 Å². The van der Waals surface area contributed by atoms with Crippen LogP contribution >= 0.6 is 11.3 Å². The molecule has 0 saturated heterocycles. The zero-order valence-corrected chi connectivity index (χ0v) is 16.5. The number of carbonyl (C=O) groups excluding carboxylic acids is 1. The Kier molecular flexibility index (Phi) is 6.60. The molecule has 1 aromatic heterocycles. The van der Waals surface area contributed by atoms with E-state index in [0.29, 0.717) is 24.8 Å². The standard InChI is InChI=1S/C22H24N2O2S/c1-16(2)12-13-23-21(25)20-15-27-22(24-20)18-8-10-19(11-9-18)26-14-17-6-4-3-5-7-17/h3-11,15-16H,12-14H2,1-2H3,(H,23,25). The predicted molar refractivity (Wildman–Crippen MR) is 110 cm³/mol. The Hall–Kier alpha value is -2.66. The summed E-state index contributed by atoms with van der Waals surface area (Å²) in [5.74, 6) is 1.27. The molecule has 0 saturated carbocycles. The third-order valence-corrected chi connectivity index (χ3v) is 4.99. The molecule has 0 bridgehead atoms. The number of ether oxygens (including phenoxy) is 1. The lowest BCUT2D eigenvalue weighted by atomic mass is 10.1.